The quantitative estimate of drug-likeness (QED) is 0.172. The van der Waals surface area contributed by atoms with E-state index in [1.165, 1.54) is 31.2 Å². The first-order chi connectivity index (χ1) is 20.7. The third-order valence-electron chi connectivity index (χ3n) is 6.72. The van der Waals surface area contributed by atoms with Gasteiger partial charge in [-0.25, -0.2) is 9.59 Å². The molecule has 1 aliphatic heterocycles. The third-order valence-corrected chi connectivity index (χ3v) is 6.72. The number of hydrogen-bond acceptors (Lipinski definition) is 7. The van der Waals surface area contributed by atoms with E-state index in [0.29, 0.717) is 25.0 Å². The van der Waals surface area contributed by atoms with Crippen molar-refractivity contribution >= 4 is 23.6 Å². The molecule has 0 saturated heterocycles. The van der Waals surface area contributed by atoms with Gasteiger partial charge in [-0.15, -0.1) is 0 Å². The van der Waals surface area contributed by atoms with Gasteiger partial charge in [0.25, 0.3) is 0 Å². The van der Waals surface area contributed by atoms with E-state index < -0.39 is 41.8 Å². The molecule has 0 aliphatic carbocycles. The molecule has 4 N–H and O–H groups in total. The average Bonchev–Trinajstić information content (AvgIpc) is 2.99. The van der Waals surface area contributed by atoms with Crippen LogP contribution in [-0.4, -0.2) is 72.3 Å². The van der Waals surface area contributed by atoms with Crippen LogP contribution in [0.1, 0.15) is 46.1 Å². The molecule has 1 unspecified atom stereocenters. The van der Waals surface area contributed by atoms with Crippen LogP contribution in [0.25, 0.3) is 0 Å². The van der Waals surface area contributed by atoms with Gasteiger partial charge in [0.2, 0.25) is 5.96 Å². The van der Waals surface area contributed by atoms with Crippen LogP contribution in [-0.2, 0) is 15.7 Å². The van der Waals surface area contributed by atoms with Crippen LogP contribution in [0.5, 0.6) is 0 Å². The van der Waals surface area contributed by atoms with Crippen molar-refractivity contribution in [2.45, 2.75) is 58.9 Å². The van der Waals surface area contributed by atoms with Crippen molar-refractivity contribution in [3.8, 4) is 6.07 Å². The van der Waals surface area contributed by atoms with Crippen LogP contribution < -0.4 is 10.6 Å². The summed E-state index contributed by atoms with van der Waals surface area (Å²) in [5.74, 6) is -1.50. The number of alkyl halides is 3. The van der Waals surface area contributed by atoms with Crippen LogP contribution in [0.2, 0.25) is 0 Å². The number of guanidine groups is 1. The van der Waals surface area contributed by atoms with Crippen molar-refractivity contribution in [3.05, 3.63) is 77.1 Å². The number of benzene rings is 1. The molecule has 0 fully saturated rings. The van der Waals surface area contributed by atoms with E-state index >= 15 is 0 Å². The lowest BCUT2D eigenvalue weighted by Crippen LogP contribution is -2.60. The van der Waals surface area contributed by atoms with E-state index in [0.717, 1.165) is 35.1 Å². The summed E-state index contributed by atoms with van der Waals surface area (Å²) in [6, 6.07) is 3.58. The van der Waals surface area contributed by atoms with Crippen molar-refractivity contribution in [1.82, 2.24) is 9.80 Å². The summed E-state index contributed by atoms with van der Waals surface area (Å²) in [5.41, 5.74) is 5.00. The first-order valence-corrected chi connectivity index (χ1v) is 13.9. The molecule has 10 nitrogen and oxygen atoms in total. The van der Waals surface area contributed by atoms with Gasteiger partial charge in [0.05, 0.1) is 42.0 Å². The molecule has 240 valence electrons. The first kappa shape index (κ1) is 37.6. The average molecular weight is 619 g/mol. The number of methoxy groups -OCH3 is 1. The highest BCUT2D eigenvalue weighted by Gasteiger charge is 2.44. The number of carbonyl (C=O) groups is 2. The summed E-state index contributed by atoms with van der Waals surface area (Å²) in [6.45, 7) is 11.3. The third kappa shape index (κ3) is 9.29. The zero-order chi connectivity index (χ0) is 33.8. The minimum Gasteiger partial charge on any atom is -0.466 e. The number of esters is 1. The minimum atomic E-state index is -4.69. The van der Waals surface area contributed by atoms with E-state index in [1.807, 2.05) is 31.7 Å². The topological polar surface area (TPSA) is 147 Å². The number of anilines is 1. The number of hydrogen-bond donors (Lipinski definition) is 3. The molecular weight excluding hydrogens is 577 g/mol. The minimum absolute atomic E-state index is 0.0387. The van der Waals surface area contributed by atoms with Gasteiger partial charge in [0.15, 0.2) is 0 Å². The number of aliphatic hydroxyl groups is 1. The van der Waals surface area contributed by atoms with Gasteiger partial charge in [-0.3, -0.25) is 15.2 Å². The molecule has 2 amide bonds. The zero-order valence-electron chi connectivity index (χ0n) is 25.9. The van der Waals surface area contributed by atoms with Crippen LogP contribution in [0, 0.1) is 16.7 Å². The van der Waals surface area contributed by atoms with Crippen LogP contribution in [0.4, 0.5) is 23.7 Å². The normalized spacial score (nSPS) is 16.7. The Balaban J connectivity index is 0.00000474. The van der Waals surface area contributed by atoms with E-state index in [4.69, 9.17) is 15.9 Å². The molecule has 1 heterocycles. The number of nitriles is 1. The molecule has 0 radical (unpaired) electrons. The molecule has 0 saturated carbocycles. The Bertz CT molecular complexity index is 1350. The number of urea groups is 1. The van der Waals surface area contributed by atoms with Gasteiger partial charge < -0.3 is 20.5 Å². The summed E-state index contributed by atoms with van der Waals surface area (Å²) in [4.78, 5) is 29.8. The number of aliphatic hydroxyl groups excluding tert-OH is 1. The van der Waals surface area contributed by atoms with E-state index in [-0.39, 0.29) is 29.1 Å². The van der Waals surface area contributed by atoms with Gasteiger partial charge in [-0.05, 0) is 56.7 Å². The number of nitrogens with two attached hydrogens (primary N) is 1. The summed E-state index contributed by atoms with van der Waals surface area (Å²) < 4.78 is 45.6. The molecule has 13 heteroatoms. The lowest BCUT2D eigenvalue weighted by atomic mass is 9.91. The fraction of sp³-hybridized carbons (Fsp3) is 0.419. The van der Waals surface area contributed by atoms with Crippen LogP contribution in [0.3, 0.4) is 0 Å². The number of carbonyl (C=O) groups excluding carboxylic acids is 2. The number of halogens is 3. The standard InChI is InChI=1S/C29H35F3N6O4.C2H6/c1-6-19(16-33)11-12-20(17-36(4)14-13-23(39)7-2)25-24(26(40)42-5)18(3)37(27(34)38(25)28(35)41)22-10-8-9-21(15-22)29(30,31)32;1-2/h6,8-12,15,23,25,34,39H,1,7,13-14,17H2,2-5H3,(H2,35,41);1-2H3/b19-11+,20-12+,34-27?;/t23?,25-;/m1./s1. The van der Waals surface area contributed by atoms with Gasteiger partial charge in [-0.2, -0.15) is 18.4 Å². The Hall–Kier alpha value is -4.41. The summed E-state index contributed by atoms with van der Waals surface area (Å²) in [5, 5.41) is 28.3. The summed E-state index contributed by atoms with van der Waals surface area (Å²) in [7, 11) is 2.85. The van der Waals surface area contributed by atoms with Gasteiger partial charge in [-0.1, -0.05) is 45.6 Å². The SMILES string of the molecule is C=C/C(C#N)=C\C=C(/CN(C)CCC(O)CC)[C@@H]1C(C(=O)OC)=C(C)N(c2cccc(C(F)(F)F)c2)C(=N)N1C(N)=O.CC. The lowest BCUT2D eigenvalue weighted by molar-refractivity contribution is -0.138. The first-order valence-electron chi connectivity index (χ1n) is 13.9. The lowest BCUT2D eigenvalue weighted by Gasteiger charge is -2.44. The maximum Gasteiger partial charge on any atom is 0.416 e. The predicted octanol–water partition coefficient (Wildman–Crippen LogP) is 5.34. The van der Waals surface area contributed by atoms with Crippen molar-refractivity contribution in [1.29, 1.82) is 10.7 Å². The van der Waals surface area contributed by atoms with Crippen molar-refractivity contribution < 1.29 is 32.6 Å². The molecule has 0 bridgehead atoms. The molecule has 1 aliphatic rings. The van der Waals surface area contributed by atoms with Crippen LogP contribution >= 0.6 is 0 Å². The molecule has 2 atom stereocenters. The Morgan fingerprint density at radius 3 is 2.45 bits per heavy atom. The number of ether oxygens (including phenoxy) is 1. The fourth-order valence-electron chi connectivity index (χ4n) is 4.47. The predicted molar refractivity (Wildman–Crippen MR) is 163 cm³/mol. The highest BCUT2D eigenvalue weighted by atomic mass is 19.4. The summed E-state index contributed by atoms with van der Waals surface area (Å²) in [6.07, 6.45) is -0.0513. The highest BCUT2D eigenvalue weighted by Crippen LogP contribution is 2.37. The number of likely N-dealkylation sites (N-methyl/N-ethyl adjacent to an activating group) is 1. The Kier molecular flexibility index (Phi) is 14.6. The Labute approximate surface area is 256 Å². The molecule has 1 aromatic carbocycles. The second-order valence-electron chi connectivity index (χ2n) is 9.58. The fourth-order valence-corrected chi connectivity index (χ4v) is 4.47. The Morgan fingerprint density at radius 2 is 1.95 bits per heavy atom. The number of amides is 2. The van der Waals surface area contributed by atoms with Gasteiger partial charge >= 0.3 is 18.2 Å². The maximum absolute atomic E-state index is 13.5. The molecule has 44 heavy (non-hydrogen) atoms. The maximum atomic E-state index is 13.5. The zero-order valence-corrected chi connectivity index (χ0v) is 25.9. The monoisotopic (exact) mass is 618 g/mol. The molecule has 0 spiro atoms. The smallest absolute Gasteiger partial charge is 0.416 e. The molecule has 1 aromatic rings. The summed E-state index contributed by atoms with van der Waals surface area (Å²) >= 11 is 0. The molecule has 2 rings (SSSR count). The van der Waals surface area contributed by atoms with Gasteiger partial charge in [0.1, 0.15) is 0 Å². The number of nitrogens with one attached hydrogen (secondary N) is 1. The van der Waals surface area contributed by atoms with Gasteiger partial charge in [0, 0.05) is 24.5 Å². The number of nitrogens with zero attached hydrogens (tertiary/aromatic N) is 4. The van der Waals surface area contributed by atoms with Crippen LogP contribution in [0.15, 0.2) is 71.5 Å². The molecule has 0 aromatic heterocycles. The van der Waals surface area contributed by atoms with Crippen molar-refractivity contribution in [2.24, 2.45) is 5.73 Å². The number of primary amides is 1. The van der Waals surface area contributed by atoms with Crippen molar-refractivity contribution in [3.63, 3.8) is 0 Å². The second kappa shape index (κ2) is 17.0. The largest absolute Gasteiger partial charge is 0.466 e. The van der Waals surface area contributed by atoms with Crippen molar-refractivity contribution in [2.75, 3.05) is 32.1 Å². The Morgan fingerprint density at radius 1 is 1.32 bits per heavy atom. The molecular formula is C31H41F3N6O4. The highest BCUT2D eigenvalue weighted by molar-refractivity contribution is 6.10. The van der Waals surface area contributed by atoms with E-state index in [1.54, 1.807) is 7.05 Å². The van der Waals surface area contributed by atoms with E-state index in [2.05, 4.69) is 6.58 Å². The number of rotatable bonds is 11. The van der Waals surface area contributed by atoms with E-state index in [9.17, 15) is 33.1 Å². The second-order valence-corrected chi connectivity index (χ2v) is 9.58. The number of allylic oxidation sites excluding steroid dienone is 5.